The van der Waals surface area contributed by atoms with Gasteiger partial charge in [-0.2, -0.15) is 0 Å². The molecule has 2 aromatic heterocycles. The van der Waals surface area contributed by atoms with E-state index in [4.69, 9.17) is 29.4 Å². The van der Waals surface area contributed by atoms with Gasteiger partial charge in [0, 0.05) is 44.5 Å². The minimum absolute atomic E-state index is 0.375. The molecule has 0 radical (unpaired) electrons. The maximum absolute atomic E-state index is 5.50. The molecule has 8 heteroatoms. The molecule has 3 aromatic rings. The zero-order valence-electron chi connectivity index (χ0n) is 19.3. The molecule has 1 N–H and O–H groups in total. The van der Waals surface area contributed by atoms with Crippen LogP contribution in [0.5, 0.6) is 5.75 Å². The molecule has 0 bridgehead atoms. The van der Waals surface area contributed by atoms with Crippen LogP contribution in [0.25, 0.3) is 23.2 Å². The number of benzene rings is 1. The van der Waals surface area contributed by atoms with E-state index in [0.29, 0.717) is 11.9 Å². The average Bonchev–Trinajstić information content (AvgIpc) is 3.38. The summed E-state index contributed by atoms with van der Waals surface area (Å²) in [4.78, 5) is 21.4. The summed E-state index contributed by atoms with van der Waals surface area (Å²) in [6, 6.07) is 8.18. The van der Waals surface area contributed by atoms with E-state index in [2.05, 4.69) is 16.3 Å². The first kappa shape index (κ1) is 21.6. The number of nitrogens with zero attached hydrogens (tertiary/aromatic N) is 5. The van der Waals surface area contributed by atoms with Gasteiger partial charge in [-0.25, -0.2) is 19.9 Å². The summed E-state index contributed by atoms with van der Waals surface area (Å²) in [7, 11) is 1.65. The highest BCUT2D eigenvalue weighted by Gasteiger charge is 2.18. The minimum atomic E-state index is 0.375. The van der Waals surface area contributed by atoms with Gasteiger partial charge in [0.25, 0.3) is 0 Å². The number of ether oxygens (including phenoxy) is 2. The van der Waals surface area contributed by atoms with E-state index in [1.165, 1.54) is 12.8 Å². The number of aromatic nitrogens is 4. The van der Waals surface area contributed by atoms with Crippen molar-refractivity contribution in [2.24, 2.45) is 0 Å². The summed E-state index contributed by atoms with van der Waals surface area (Å²) < 4.78 is 10.8. The number of fused-ring (bicyclic) bond motifs is 1. The zero-order valence-corrected chi connectivity index (χ0v) is 19.3. The first-order valence-corrected chi connectivity index (χ1v) is 11.7. The summed E-state index contributed by atoms with van der Waals surface area (Å²) in [6.45, 7) is 5.62. The van der Waals surface area contributed by atoms with Gasteiger partial charge in [-0.3, -0.25) is 0 Å². The Labute approximate surface area is 194 Å². The minimum Gasteiger partial charge on any atom is -0.497 e. The van der Waals surface area contributed by atoms with Crippen LogP contribution in [-0.4, -0.2) is 59.4 Å². The molecular weight excluding hydrogens is 416 g/mol. The third-order valence-corrected chi connectivity index (χ3v) is 6.21. The largest absolute Gasteiger partial charge is 0.497 e. The van der Waals surface area contributed by atoms with Gasteiger partial charge in [0.1, 0.15) is 17.4 Å². The predicted octanol–water partition coefficient (Wildman–Crippen LogP) is 4.10. The topological polar surface area (TPSA) is 85.3 Å². The van der Waals surface area contributed by atoms with E-state index < -0.39 is 0 Å². The monoisotopic (exact) mass is 446 g/mol. The maximum atomic E-state index is 5.50. The van der Waals surface area contributed by atoms with Crippen LogP contribution in [0.15, 0.2) is 24.3 Å². The third kappa shape index (κ3) is 5.06. The number of hydrogen-bond acceptors (Lipinski definition) is 8. The Hall–Kier alpha value is -3.26. The molecule has 2 saturated heterocycles. The summed E-state index contributed by atoms with van der Waals surface area (Å²) >= 11 is 0. The second kappa shape index (κ2) is 9.70. The first-order valence-electron chi connectivity index (χ1n) is 11.7. The molecule has 0 atom stereocenters. The summed E-state index contributed by atoms with van der Waals surface area (Å²) in [5.41, 5.74) is 3.30. The van der Waals surface area contributed by atoms with Gasteiger partial charge >= 0.3 is 0 Å². The van der Waals surface area contributed by atoms with E-state index in [1.807, 2.05) is 37.3 Å². The molecule has 2 aliphatic heterocycles. The average molecular weight is 447 g/mol. The third-order valence-electron chi connectivity index (χ3n) is 6.21. The Balaban J connectivity index is 1.45. The van der Waals surface area contributed by atoms with Crippen molar-refractivity contribution in [3.63, 3.8) is 0 Å². The number of rotatable bonds is 6. The fourth-order valence-corrected chi connectivity index (χ4v) is 4.33. The van der Waals surface area contributed by atoms with E-state index in [1.54, 1.807) is 7.11 Å². The zero-order chi connectivity index (χ0) is 22.6. The molecular formula is C25H30N6O2. The SMILES string of the molecule is COc1ccc2nc(C)c(/C=C/c3nc(NC4CCOCC4)cc(N4CCCC4)n3)nc2c1. The molecule has 1 aromatic carbocycles. The lowest BCUT2D eigenvalue weighted by Crippen LogP contribution is -2.28. The Bertz CT molecular complexity index is 1150. The van der Waals surface area contributed by atoms with Crippen molar-refractivity contribution in [2.45, 2.75) is 38.6 Å². The van der Waals surface area contributed by atoms with Crippen molar-refractivity contribution >= 4 is 34.8 Å². The number of anilines is 2. The van der Waals surface area contributed by atoms with Crippen molar-refractivity contribution < 1.29 is 9.47 Å². The molecule has 2 fully saturated rings. The van der Waals surface area contributed by atoms with Crippen LogP contribution < -0.4 is 15.0 Å². The van der Waals surface area contributed by atoms with E-state index in [0.717, 1.165) is 79.0 Å². The molecule has 8 nitrogen and oxygen atoms in total. The molecule has 0 unspecified atom stereocenters. The van der Waals surface area contributed by atoms with Gasteiger partial charge < -0.3 is 19.7 Å². The number of aryl methyl sites for hydroxylation is 1. The Morgan fingerprint density at radius 2 is 1.82 bits per heavy atom. The Morgan fingerprint density at radius 1 is 1.00 bits per heavy atom. The van der Waals surface area contributed by atoms with Crippen molar-refractivity contribution in [3.05, 3.63) is 41.5 Å². The van der Waals surface area contributed by atoms with Crippen LogP contribution in [0.1, 0.15) is 42.9 Å². The van der Waals surface area contributed by atoms with Crippen LogP contribution in [0.2, 0.25) is 0 Å². The van der Waals surface area contributed by atoms with Crippen molar-refractivity contribution in [1.82, 2.24) is 19.9 Å². The summed E-state index contributed by atoms with van der Waals surface area (Å²) in [6.07, 6.45) is 8.26. The lowest BCUT2D eigenvalue weighted by molar-refractivity contribution is 0.0904. The molecule has 5 rings (SSSR count). The molecule has 4 heterocycles. The van der Waals surface area contributed by atoms with Gasteiger partial charge in [-0.05, 0) is 56.9 Å². The highest BCUT2D eigenvalue weighted by atomic mass is 16.5. The molecule has 2 aliphatic rings. The highest BCUT2D eigenvalue weighted by molar-refractivity contribution is 5.79. The van der Waals surface area contributed by atoms with E-state index in [-0.39, 0.29) is 0 Å². The first-order chi connectivity index (χ1) is 16.2. The van der Waals surface area contributed by atoms with Gasteiger partial charge in [-0.1, -0.05) is 0 Å². The number of nitrogens with one attached hydrogen (secondary N) is 1. The maximum Gasteiger partial charge on any atom is 0.156 e. The fraction of sp³-hybridized carbons (Fsp3) is 0.440. The van der Waals surface area contributed by atoms with Gasteiger partial charge in [0.15, 0.2) is 5.82 Å². The number of hydrogen-bond donors (Lipinski definition) is 1. The van der Waals surface area contributed by atoms with Crippen LogP contribution in [-0.2, 0) is 4.74 Å². The molecule has 33 heavy (non-hydrogen) atoms. The van der Waals surface area contributed by atoms with Crippen LogP contribution >= 0.6 is 0 Å². The quantitative estimate of drug-likeness (QED) is 0.606. The Kier molecular flexibility index (Phi) is 6.35. The normalized spacial score (nSPS) is 17.2. The summed E-state index contributed by atoms with van der Waals surface area (Å²) in [5, 5.41) is 3.60. The van der Waals surface area contributed by atoms with Crippen LogP contribution in [0.3, 0.4) is 0 Å². The van der Waals surface area contributed by atoms with Gasteiger partial charge in [0.05, 0.1) is 29.5 Å². The number of methoxy groups -OCH3 is 1. The molecule has 0 amide bonds. The van der Waals surface area contributed by atoms with Crippen molar-refractivity contribution in [3.8, 4) is 5.75 Å². The van der Waals surface area contributed by atoms with Crippen molar-refractivity contribution in [2.75, 3.05) is 43.6 Å². The lowest BCUT2D eigenvalue weighted by Gasteiger charge is -2.24. The predicted molar refractivity (Wildman–Crippen MR) is 131 cm³/mol. The van der Waals surface area contributed by atoms with Gasteiger partial charge in [-0.15, -0.1) is 0 Å². The van der Waals surface area contributed by atoms with Crippen LogP contribution in [0.4, 0.5) is 11.6 Å². The highest BCUT2D eigenvalue weighted by Crippen LogP contribution is 2.24. The standard InChI is InChI=1S/C25H30N6O2/c1-17-20(28-22-15-19(32-2)5-6-21(22)26-17)7-8-23-29-24(27-18-9-13-33-14-10-18)16-25(30-23)31-11-3-4-12-31/h5-8,15-16,18H,3-4,9-14H2,1-2H3,(H,27,29,30)/b8-7+. The van der Waals surface area contributed by atoms with Crippen molar-refractivity contribution in [1.29, 1.82) is 0 Å². The Morgan fingerprint density at radius 3 is 2.61 bits per heavy atom. The molecule has 0 saturated carbocycles. The second-order valence-electron chi connectivity index (χ2n) is 8.58. The summed E-state index contributed by atoms with van der Waals surface area (Å²) in [5.74, 6) is 3.27. The van der Waals surface area contributed by atoms with Gasteiger partial charge in [0.2, 0.25) is 0 Å². The fourth-order valence-electron chi connectivity index (χ4n) is 4.33. The lowest BCUT2D eigenvalue weighted by atomic mass is 10.1. The molecule has 0 spiro atoms. The second-order valence-corrected chi connectivity index (χ2v) is 8.58. The molecule has 0 aliphatic carbocycles. The van der Waals surface area contributed by atoms with Crippen LogP contribution in [0, 0.1) is 6.92 Å². The molecule has 172 valence electrons. The smallest absolute Gasteiger partial charge is 0.156 e. The van der Waals surface area contributed by atoms with E-state index >= 15 is 0 Å². The van der Waals surface area contributed by atoms with E-state index in [9.17, 15) is 0 Å².